The van der Waals surface area contributed by atoms with Gasteiger partial charge in [-0.2, -0.15) is 0 Å². The zero-order valence-electron chi connectivity index (χ0n) is 20.2. The molecule has 0 heterocycles. The van der Waals surface area contributed by atoms with Crippen molar-refractivity contribution in [1.82, 2.24) is 10.4 Å². The van der Waals surface area contributed by atoms with E-state index in [1.165, 1.54) is 0 Å². The maximum Gasteiger partial charge on any atom is 0.407 e. The van der Waals surface area contributed by atoms with Gasteiger partial charge in [0.15, 0.2) is 6.04 Å². The number of fused-ring (bicyclic) bond motifs is 3. The second kappa shape index (κ2) is 10.3. The van der Waals surface area contributed by atoms with E-state index < -0.39 is 42.1 Å². The summed E-state index contributed by atoms with van der Waals surface area (Å²) in [6.45, 7) is 8.04. The van der Waals surface area contributed by atoms with Gasteiger partial charge in [0.2, 0.25) is 0 Å². The Morgan fingerprint density at radius 1 is 1.00 bits per heavy atom. The zero-order valence-corrected chi connectivity index (χ0v) is 20.2. The van der Waals surface area contributed by atoms with Crippen molar-refractivity contribution in [2.24, 2.45) is 5.92 Å². The minimum atomic E-state index is -1.20. The molecule has 1 aliphatic rings. The SMILES string of the molecule is CC(C)C(C(=O)OC(C)(C)C)N(O)C(=O)CNC(=O)OCC1c2ccccc2-c2ccccc21. The van der Waals surface area contributed by atoms with Crippen LogP contribution in [0.5, 0.6) is 0 Å². The molecular formula is C26H32N2O6. The number of nitrogens with one attached hydrogen (secondary N) is 1. The van der Waals surface area contributed by atoms with Crippen LogP contribution in [0.1, 0.15) is 51.7 Å². The molecule has 0 saturated carbocycles. The number of nitrogens with zero attached hydrogens (tertiary/aromatic N) is 1. The number of alkyl carbamates (subject to hydrolysis) is 1. The molecule has 0 bridgehead atoms. The summed E-state index contributed by atoms with van der Waals surface area (Å²) < 4.78 is 10.7. The first-order chi connectivity index (χ1) is 16.0. The Morgan fingerprint density at radius 2 is 1.53 bits per heavy atom. The van der Waals surface area contributed by atoms with E-state index in [0.717, 1.165) is 22.3 Å². The lowest BCUT2D eigenvalue weighted by Gasteiger charge is -2.30. The van der Waals surface area contributed by atoms with Gasteiger partial charge in [0.05, 0.1) is 0 Å². The molecular weight excluding hydrogens is 436 g/mol. The van der Waals surface area contributed by atoms with Crippen LogP contribution in [0.25, 0.3) is 11.1 Å². The Kier molecular flexibility index (Phi) is 7.61. The van der Waals surface area contributed by atoms with Crippen LogP contribution in [0, 0.1) is 5.92 Å². The highest BCUT2D eigenvalue weighted by Crippen LogP contribution is 2.44. The van der Waals surface area contributed by atoms with E-state index in [1.54, 1.807) is 34.6 Å². The number of rotatable bonds is 7. The van der Waals surface area contributed by atoms with Crippen molar-refractivity contribution in [3.63, 3.8) is 0 Å². The molecule has 0 fully saturated rings. The van der Waals surface area contributed by atoms with Crippen molar-refractivity contribution in [1.29, 1.82) is 0 Å². The lowest BCUT2D eigenvalue weighted by Crippen LogP contribution is -2.51. The van der Waals surface area contributed by atoms with Crippen LogP contribution in [0.3, 0.4) is 0 Å². The molecule has 1 unspecified atom stereocenters. The van der Waals surface area contributed by atoms with E-state index in [1.807, 2.05) is 48.5 Å². The van der Waals surface area contributed by atoms with Gasteiger partial charge in [-0.25, -0.2) is 14.7 Å². The average Bonchev–Trinajstić information content (AvgIpc) is 3.08. The van der Waals surface area contributed by atoms with Crippen LogP contribution < -0.4 is 5.32 Å². The Bertz CT molecular complexity index is 1010. The van der Waals surface area contributed by atoms with Crippen LogP contribution >= 0.6 is 0 Å². The first-order valence-corrected chi connectivity index (χ1v) is 11.3. The summed E-state index contributed by atoms with van der Waals surface area (Å²) in [5.41, 5.74) is 3.60. The molecule has 2 aromatic carbocycles. The van der Waals surface area contributed by atoms with Crippen LogP contribution in [0.4, 0.5) is 4.79 Å². The molecule has 0 spiro atoms. The van der Waals surface area contributed by atoms with Crippen LogP contribution in [0.2, 0.25) is 0 Å². The fourth-order valence-corrected chi connectivity index (χ4v) is 4.05. The third kappa shape index (κ3) is 5.75. The highest BCUT2D eigenvalue weighted by molar-refractivity contribution is 5.86. The molecule has 2 N–H and O–H groups in total. The van der Waals surface area contributed by atoms with Gasteiger partial charge in [0.25, 0.3) is 5.91 Å². The first kappa shape index (κ1) is 25.2. The fraction of sp³-hybridized carbons (Fsp3) is 0.423. The largest absolute Gasteiger partial charge is 0.458 e. The first-order valence-electron chi connectivity index (χ1n) is 11.3. The molecule has 8 nitrogen and oxygen atoms in total. The standard InChI is InChI=1S/C26H32N2O6/c1-16(2)23(24(30)34-26(3,4)5)28(32)22(29)14-27-25(31)33-15-21-19-12-8-6-10-17(19)18-11-7-9-13-20(18)21/h6-13,16,21,23,32H,14-15H2,1-5H3,(H,27,31). The molecule has 182 valence electrons. The third-order valence-corrected chi connectivity index (χ3v) is 5.53. The van der Waals surface area contributed by atoms with Crippen LogP contribution in [0.15, 0.2) is 48.5 Å². The molecule has 2 amide bonds. The van der Waals surface area contributed by atoms with Gasteiger partial charge in [0, 0.05) is 5.92 Å². The summed E-state index contributed by atoms with van der Waals surface area (Å²) in [7, 11) is 0. The number of hydrogen-bond acceptors (Lipinski definition) is 6. The molecule has 1 atom stereocenters. The summed E-state index contributed by atoms with van der Waals surface area (Å²) >= 11 is 0. The molecule has 8 heteroatoms. The van der Waals surface area contributed by atoms with Crippen molar-refractivity contribution in [2.45, 2.75) is 52.2 Å². The van der Waals surface area contributed by atoms with Gasteiger partial charge in [-0.1, -0.05) is 62.4 Å². The van der Waals surface area contributed by atoms with Gasteiger partial charge in [-0.05, 0) is 48.9 Å². The summed E-state index contributed by atoms with van der Waals surface area (Å²) in [5.74, 6) is -2.09. The van der Waals surface area contributed by atoms with Crippen molar-refractivity contribution in [2.75, 3.05) is 13.2 Å². The van der Waals surface area contributed by atoms with Gasteiger partial charge in [-0.3, -0.25) is 10.0 Å². The normalized spacial score (nSPS) is 13.6. The number of ether oxygens (including phenoxy) is 2. The minimum absolute atomic E-state index is 0.101. The monoisotopic (exact) mass is 468 g/mol. The molecule has 0 radical (unpaired) electrons. The predicted octanol–water partition coefficient (Wildman–Crippen LogP) is 4.11. The Labute approximate surface area is 199 Å². The summed E-state index contributed by atoms with van der Waals surface area (Å²) in [6, 6.07) is 14.7. The number of carbonyl (C=O) groups is 3. The lowest BCUT2D eigenvalue weighted by atomic mass is 9.98. The van der Waals surface area contributed by atoms with E-state index in [4.69, 9.17) is 9.47 Å². The fourth-order valence-electron chi connectivity index (χ4n) is 4.05. The van der Waals surface area contributed by atoms with Crippen molar-refractivity contribution >= 4 is 18.0 Å². The number of benzene rings is 2. The number of carbonyl (C=O) groups excluding carboxylic acids is 3. The number of hydrogen-bond donors (Lipinski definition) is 2. The zero-order chi connectivity index (χ0) is 25.0. The quantitative estimate of drug-likeness (QED) is 0.360. The molecule has 34 heavy (non-hydrogen) atoms. The molecule has 0 aliphatic heterocycles. The van der Waals surface area contributed by atoms with Gasteiger partial charge in [0.1, 0.15) is 18.8 Å². The Hall–Kier alpha value is -3.39. The van der Waals surface area contributed by atoms with E-state index in [0.29, 0.717) is 5.06 Å². The second-order valence-corrected chi connectivity index (χ2v) is 9.64. The molecule has 2 aromatic rings. The number of hydroxylamine groups is 2. The maximum atomic E-state index is 12.4. The van der Waals surface area contributed by atoms with E-state index in [-0.39, 0.29) is 12.5 Å². The van der Waals surface area contributed by atoms with Crippen molar-refractivity contribution < 1.29 is 29.1 Å². The van der Waals surface area contributed by atoms with E-state index >= 15 is 0 Å². The highest BCUT2D eigenvalue weighted by Gasteiger charge is 2.35. The van der Waals surface area contributed by atoms with Crippen LogP contribution in [-0.2, 0) is 19.1 Å². The number of amides is 2. The van der Waals surface area contributed by atoms with Crippen LogP contribution in [-0.4, -0.2) is 53.0 Å². The lowest BCUT2D eigenvalue weighted by molar-refractivity contribution is -0.197. The second-order valence-electron chi connectivity index (χ2n) is 9.64. The molecule has 0 saturated heterocycles. The highest BCUT2D eigenvalue weighted by atomic mass is 16.6. The molecule has 3 rings (SSSR count). The third-order valence-electron chi connectivity index (χ3n) is 5.53. The molecule has 0 aromatic heterocycles. The molecule has 1 aliphatic carbocycles. The maximum absolute atomic E-state index is 12.4. The number of esters is 1. The minimum Gasteiger partial charge on any atom is -0.458 e. The smallest absolute Gasteiger partial charge is 0.407 e. The van der Waals surface area contributed by atoms with Gasteiger partial charge < -0.3 is 14.8 Å². The average molecular weight is 469 g/mol. The Balaban J connectivity index is 1.57. The summed E-state index contributed by atoms with van der Waals surface area (Å²) in [5, 5.41) is 13.0. The van der Waals surface area contributed by atoms with E-state index in [9.17, 15) is 19.6 Å². The van der Waals surface area contributed by atoms with Crippen molar-refractivity contribution in [3.05, 3.63) is 59.7 Å². The van der Waals surface area contributed by atoms with Gasteiger partial charge >= 0.3 is 12.1 Å². The summed E-state index contributed by atoms with van der Waals surface area (Å²) in [6.07, 6.45) is -0.790. The van der Waals surface area contributed by atoms with Crippen molar-refractivity contribution in [3.8, 4) is 11.1 Å². The van der Waals surface area contributed by atoms with Gasteiger partial charge in [-0.15, -0.1) is 0 Å². The van der Waals surface area contributed by atoms with E-state index in [2.05, 4.69) is 5.32 Å². The Morgan fingerprint density at radius 3 is 2.03 bits per heavy atom. The topological polar surface area (TPSA) is 105 Å². The predicted molar refractivity (Wildman–Crippen MR) is 126 cm³/mol. The summed E-state index contributed by atoms with van der Waals surface area (Å²) in [4.78, 5) is 37.2.